The first kappa shape index (κ1) is 8.84. The Bertz CT molecular complexity index is 444. The van der Waals surface area contributed by atoms with Gasteiger partial charge >= 0.3 is 0 Å². The molecule has 0 saturated carbocycles. The predicted molar refractivity (Wildman–Crippen MR) is 50.9 cm³/mol. The molecule has 3 rings (SSSR count). The first-order chi connectivity index (χ1) is 7.34. The third-order valence-electron chi connectivity index (χ3n) is 2.95. The van der Waals surface area contributed by atoms with Gasteiger partial charge in [-0.05, 0) is 12.5 Å². The number of rotatable bonds is 0. The Kier molecular flexibility index (Phi) is 1.78. The number of aryl methyl sites for hydroxylation is 1. The summed E-state index contributed by atoms with van der Waals surface area (Å²) >= 11 is 0. The topological polar surface area (TPSA) is 55.1 Å². The largest absolute Gasteiger partial charge is 0.343 e. The van der Waals surface area contributed by atoms with E-state index < -0.39 is 5.79 Å². The van der Waals surface area contributed by atoms with Gasteiger partial charge in [0.25, 0.3) is 0 Å². The number of pyridine rings is 1. The van der Waals surface area contributed by atoms with Crippen molar-refractivity contribution < 1.29 is 9.47 Å². The highest BCUT2D eigenvalue weighted by atomic mass is 16.7. The van der Waals surface area contributed by atoms with Crippen molar-refractivity contribution in [3.63, 3.8) is 0 Å². The number of nitriles is 1. The van der Waals surface area contributed by atoms with Crippen LogP contribution < -0.4 is 0 Å². The lowest BCUT2D eigenvalue weighted by molar-refractivity contribution is -0.163. The summed E-state index contributed by atoms with van der Waals surface area (Å²) < 4.78 is 11.3. The lowest BCUT2D eigenvalue weighted by Gasteiger charge is -2.22. The highest BCUT2D eigenvalue weighted by Gasteiger charge is 2.44. The van der Waals surface area contributed by atoms with E-state index in [0.29, 0.717) is 18.8 Å². The van der Waals surface area contributed by atoms with E-state index >= 15 is 0 Å². The van der Waals surface area contributed by atoms with Gasteiger partial charge in [0.1, 0.15) is 6.07 Å². The molecule has 1 aliphatic carbocycles. The molecular formula is C11H10N2O2. The SMILES string of the molecule is N#Cc1cnc2c(c1)C1(CC2)OCCO1. The summed E-state index contributed by atoms with van der Waals surface area (Å²) in [5.74, 6) is -0.602. The lowest BCUT2D eigenvalue weighted by Crippen LogP contribution is -2.23. The van der Waals surface area contributed by atoms with Gasteiger partial charge in [0.05, 0.1) is 18.8 Å². The molecule has 0 N–H and O–H groups in total. The average Bonchev–Trinajstić information content (AvgIpc) is 2.89. The Hall–Kier alpha value is -1.44. The van der Waals surface area contributed by atoms with Crippen molar-refractivity contribution >= 4 is 0 Å². The maximum absolute atomic E-state index is 8.83. The molecule has 76 valence electrons. The fourth-order valence-corrected chi connectivity index (χ4v) is 2.26. The molecule has 0 unspecified atom stereocenters. The molecular weight excluding hydrogens is 192 g/mol. The van der Waals surface area contributed by atoms with Gasteiger partial charge < -0.3 is 9.47 Å². The van der Waals surface area contributed by atoms with Crippen LogP contribution in [0.4, 0.5) is 0 Å². The maximum atomic E-state index is 8.83. The van der Waals surface area contributed by atoms with Crippen molar-refractivity contribution in [2.24, 2.45) is 0 Å². The van der Waals surface area contributed by atoms with E-state index in [1.807, 2.05) is 6.07 Å². The molecule has 1 aliphatic heterocycles. The van der Waals surface area contributed by atoms with Crippen molar-refractivity contribution in [2.45, 2.75) is 18.6 Å². The van der Waals surface area contributed by atoms with E-state index in [2.05, 4.69) is 11.1 Å². The van der Waals surface area contributed by atoms with Crippen molar-refractivity contribution in [3.05, 3.63) is 29.1 Å². The van der Waals surface area contributed by atoms with Gasteiger partial charge in [-0.3, -0.25) is 4.98 Å². The normalized spacial score (nSPS) is 21.5. The van der Waals surface area contributed by atoms with Gasteiger partial charge in [0.2, 0.25) is 0 Å². The molecule has 0 aromatic carbocycles. The van der Waals surface area contributed by atoms with Crippen LogP contribution in [0.2, 0.25) is 0 Å². The number of nitrogens with zero attached hydrogens (tertiary/aromatic N) is 2. The van der Waals surface area contributed by atoms with Gasteiger partial charge in [0.15, 0.2) is 5.79 Å². The highest BCUT2D eigenvalue weighted by molar-refractivity contribution is 5.38. The minimum atomic E-state index is -0.602. The smallest absolute Gasteiger partial charge is 0.197 e. The molecule has 0 amide bonds. The molecule has 1 aromatic rings. The van der Waals surface area contributed by atoms with Crippen molar-refractivity contribution in [1.82, 2.24) is 4.98 Å². The third kappa shape index (κ3) is 1.17. The summed E-state index contributed by atoms with van der Waals surface area (Å²) in [6, 6.07) is 3.92. The van der Waals surface area contributed by atoms with Gasteiger partial charge in [-0.15, -0.1) is 0 Å². The summed E-state index contributed by atoms with van der Waals surface area (Å²) in [7, 11) is 0. The minimum absolute atomic E-state index is 0.564. The van der Waals surface area contributed by atoms with Crippen LogP contribution in [0, 0.1) is 11.3 Å². The first-order valence-electron chi connectivity index (χ1n) is 5.01. The first-order valence-corrected chi connectivity index (χ1v) is 5.01. The molecule has 15 heavy (non-hydrogen) atoms. The van der Waals surface area contributed by atoms with Gasteiger partial charge in [-0.2, -0.15) is 5.26 Å². The Balaban J connectivity index is 2.12. The molecule has 1 fully saturated rings. The van der Waals surface area contributed by atoms with E-state index in [4.69, 9.17) is 14.7 Å². The van der Waals surface area contributed by atoms with Crippen LogP contribution in [0.1, 0.15) is 23.2 Å². The van der Waals surface area contributed by atoms with Crippen LogP contribution in [0.15, 0.2) is 12.3 Å². The summed E-state index contributed by atoms with van der Waals surface area (Å²) in [5, 5.41) is 8.83. The molecule has 0 radical (unpaired) electrons. The zero-order valence-corrected chi connectivity index (χ0v) is 8.19. The number of hydrogen-bond acceptors (Lipinski definition) is 4. The Morgan fingerprint density at radius 3 is 2.93 bits per heavy atom. The van der Waals surface area contributed by atoms with Crippen LogP contribution >= 0.6 is 0 Å². The standard InChI is InChI=1S/C11H10N2O2/c12-6-8-5-9-10(13-7-8)1-2-11(9)14-3-4-15-11/h5,7H,1-4H2. The number of hydrogen-bond donors (Lipinski definition) is 0. The van der Waals surface area contributed by atoms with Gasteiger partial charge in [0, 0.05) is 23.9 Å². The Morgan fingerprint density at radius 1 is 1.40 bits per heavy atom. The summed E-state index contributed by atoms with van der Waals surface area (Å²) in [6.07, 6.45) is 3.28. The second kappa shape index (κ2) is 3.02. The van der Waals surface area contributed by atoms with Crippen LogP contribution in [0.3, 0.4) is 0 Å². The van der Waals surface area contributed by atoms with Crippen LogP contribution in [0.25, 0.3) is 0 Å². The van der Waals surface area contributed by atoms with Crippen LogP contribution in [-0.4, -0.2) is 18.2 Å². The number of ether oxygens (including phenoxy) is 2. The predicted octanol–water partition coefficient (Wildman–Crippen LogP) is 1.10. The quantitative estimate of drug-likeness (QED) is 0.632. The number of aromatic nitrogens is 1. The van der Waals surface area contributed by atoms with E-state index in [9.17, 15) is 0 Å². The molecule has 1 spiro atoms. The molecule has 2 aliphatic rings. The van der Waals surface area contributed by atoms with E-state index in [1.54, 1.807) is 6.20 Å². The molecule has 1 aromatic heterocycles. The molecule has 4 heteroatoms. The maximum Gasteiger partial charge on any atom is 0.197 e. The van der Waals surface area contributed by atoms with Crippen LogP contribution in [-0.2, 0) is 21.7 Å². The van der Waals surface area contributed by atoms with Gasteiger partial charge in [-0.1, -0.05) is 0 Å². The van der Waals surface area contributed by atoms with Crippen molar-refractivity contribution in [1.29, 1.82) is 5.26 Å². The monoisotopic (exact) mass is 202 g/mol. The Morgan fingerprint density at radius 2 is 2.20 bits per heavy atom. The fourth-order valence-electron chi connectivity index (χ4n) is 2.26. The van der Waals surface area contributed by atoms with Crippen molar-refractivity contribution in [3.8, 4) is 6.07 Å². The second-order valence-corrected chi connectivity index (χ2v) is 3.78. The average molecular weight is 202 g/mol. The summed E-state index contributed by atoms with van der Waals surface area (Å²) in [6.45, 7) is 1.24. The van der Waals surface area contributed by atoms with E-state index in [0.717, 1.165) is 24.1 Å². The summed E-state index contributed by atoms with van der Waals surface area (Å²) in [4.78, 5) is 4.27. The second-order valence-electron chi connectivity index (χ2n) is 3.78. The number of fused-ring (bicyclic) bond motifs is 2. The molecule has 0 bridgehead atoms. The van der Waals surface area contributed by atoms with Gasteiger partial charge in [-0.25, -0.2) is 0 Å². The zero-order chi connectivity index (χ0) is 10.3. The molecule has 4 nitrogen and oxygen atoms in total. The molecule has 0 atom stereocenters. The van der Waals surface area contributed by atoms with E-state index in [-0.39, 0.29) is 0 Å². The van der Waals surface area contributed by atoms with Crippen molar-refractivity contribution in [2.75, 3.05) is 13.2 Å². The minimum Gasteiger partial charge on any atom is -0.343 e. The Labute approximate surface area is 87.4 Å². The molecule has 1 saturated heterocycles. The molecule has 2 heterocycles. The van der Waals surface area contributed by atoms with E-state index in [1.165, 1.54) is 0 Å². The third-order valence-corrected chi connectivity index (χ3v) is 2.95. The fraction of sp³-hybridized carbons (Fsp3) is 0.455. The van der Waals surface area contributed by atoms with Crippen LogP contribution in [0.5, 0.6) is 0 Å². The zero-order valence-electron chi connectivity index (χ0n) is 8.19. The lowest BCUT2D eigenvalue weighted by atomic mass is 10.1. The highest BCUT2D eigenvalue weighted by Crippen LogP contribution is 2.42. The summed E-state index contributed by atoms with van der Waals surface area (Å²) in [5.41, 5.74) is 2.50.